The first-order chi connectivity index (χ1) is 14.9. The van der Waals surface area contributed by atoms with Crippen molar-refractivity contribution in [1.29, 1.82) is 0 Å². The van der Waals surface area contributed by atoms with E-state index in [1.54, 1.807) is 41.3 Å². The van der Waals surface area contributed by atoms with Crippen molar-refractivity contribution in [3.8, 4) is 0 Å². The number of rotatable bonds is 4. The molecule has 1 atom stereocenters. The van der Waals surface area contributed by atoms with Crippen LogP contribution in [0.3, 0.4) is 0 Å². The molecule has 1 saturated heterocycles. The monoisotopic (exact) mass is 475 g/mol. The highest BCUT2D eigenvalue weighted by atomic mass is 35.5. The Kier molecular flexibility index (Phi) is 6.41. The van der Waals surface area contributed by atoms with E-state index < -0.39 is 0 Å². The summed E-state index contributed by atoms with van der Waals surface area (Å²) in [6, 6.07) is 11.8. The number of aryl methyl sites for hydroxylation is 1. The summed E-state index contributed by atoms with van der Waals surface area (Å²) < 4.78 is 0. The molecule has 10 heteroatoms. The molecule has 1 fully saturated rings. The van der Waals surface area contributed by atoms with Crippen molar-refractivity contribution in [3.05, 3.63) is 68.1 Å². The van der Waals surface area contributed by atoms with E-state index in [-0.39, 0.29) is 23.0 Å². The van der Waals surface area contributed by atoms with Crippen LogP contribution in [0.1, 0.15) is 39.3 Å². The summed E-state index contributed by atoms with van der Waals surface area (Å²) in [4.78, 5) is 27.1. The molecule has 160 valence electrons. The number of nitrogens with zero attached hydrogens (tertiary/aromatic N) is 3. The first kappa shape index (κ1) is 21.5. The minimum atomic E-state index is -0.369. The highest BCUT2D eigenvalue weighted by Crippen LogP contribution is 2.35. The smallest absolute Gasteiger partial charge is 0.320 e. The van der Waals surface area contributed by atoms with E-state index in [0.717, 1.165) is 18.4 Å². The lowest BCUT2D eigenvalue weighted by Gasteiger charge is -2.23. The first-order valence-corrected chi connectivity index (χ1v) is 11.2. The maximum atomic E-state index is 12.9. The zero-order valence-corrected chi connectivity index (χ0v) is 18.9. The molecule has 2 aromatic carbocycles. The zero-order chi connectivity index (χ0) is 22.0. The molecule has 1 aliphatic rings. The molecular weight excluding hydrogens is 457 g/mol. The SMILES string of the molecule is Cc1ccc(NC(=O)N2CCC[C@@H]2c2nnc(C(=O)Nc3cccc(Cl)c3)s2)c(Cl)c1. The number of aromatic nitrogens is 2. The molecule has 0 aliphatic carbocycles. The van der Waals surface area contributed by atoms with E-state index in [1.807, 2.05) is 13.0 Å². The van der Waals surface area contributed by atoms with Crippen LogP contribution in [-0.2, 0) is 0 Å². The van der Waals surface area contributed by atoms with E-state index in [4.69, 9.17) is 23.2 Å². The number of amides is 3. The Morgan fingerprint density at radius 3 is 2.74 bits per heavy atom. The van der Waals surface area contributed by atoms with Crippen molar-refractivity contribution in [3.63, 3.8) is 0 Å². The zero-order valence-electron chi connectivity index (χ0n) is 16.6. The second-order valence-electron chi connectivity index (χ2n) is 7.17. The largest absolute Gasteiger partial charge is 0.322 e. The molecule has 7 nitrogen and oxygen atoms in total. The summed E-state index contributed by atoms with van der Waals surface area (Å²) in [7, 11) is 0. The average molecular weight is 476 g/mol. The number of anilines is 2. The number of carbonyl (C=O) groups is 2. The van der Waals surface area contributed by atoms with Crippen LogP contribution in [0.15, 0.2) is 42.5 Å². The van der Waals surface area contributed by atoms with Crippen LogP contribution < -0.4 is 10.6 Å². The summed E-state index contributed by atoms with van der Waals surface area (Å²) in [6.45, 7) is 2.52. The molecule has 0 radical (unpaired) electrons. The number of halogens is 2. The van der Waals surface area contributed by atoms with Crippen molar-refractivity contribution in [2.75, 3.05) is 17.2 Å². The van der Waals surface area contributed by atoms with Gasteiger partial charge in [0.1, 0.15) is 5.01 Å². The quantitative estimate of drug-likeness (QED) is 0.500. The van der Waals surface area contributed by atoms with Gasteiger partial charge in [0.2, 0.25) is 5.01 Å². The molecule has 0 unspecified atom stereocenters. The van der Waals surface area contributed by atoms with Crippen molar-refractivity contribution in [1.82, 2.24) is 15.1 Å². The second-order valence-corrected chi connectivity index (χ2v) is 9.03. The number of hydrogen-bond acceptors (Lipinski definition) is 5. The van der Waals surface area contributed by atoms with Crippen LogP contribution in [0.25, 0.3) is 0 Å². The van der Waals surface area contributed by atoms with Gasteiger partial charge in [-0.1, -0.05) is 46.7 Å². The van der Waals surface area contributed by atoms with E-state index in [0.29, 0.717) is 33.0 Å². The van der Waals surface area contributed by atoms with Gasteiger partial charge in [-0.05, 0) is 55.7 Å². The molecule has 2 N–H and O–H groups in total. The minimum Gasteiger partial charge on any atom is -0.320 e. The molecular formula is C21H19Cl2N5O2S. The van der Waals surface area contributed by atoms with Crippen LogP contribution in [0.2, 0.25) is 10.0 Å². The molecule has 3 aromatic rings. The van der Waals surface area contributed by atoms with Gasteiger partial charge in [-0.2, -0.15) is 0 Å². The third kappa shape index (κ3) is 4.98. The fourth-order valence-corrected chi connectivity index (χ4v) is 4.75. The van der Waals surface area contributed by atoms with Crippen LogP contribution >= 0.6 is 34.5 Å². The van der Waals surface area contributed by atoms with Gasteiger partial charge in [-0.15, -0.1) is 10.2 Å². The van der Waals surface area contributed by atoms with Gasteiger partial charge >= 0.3 is 6.03 Å². The fourth-order valence-electron chi connectivity index (χ4n) is 3.39. The van der Waals surface area contributed by atoms with Gasteiger partial charge in [0.15, 0.2) is 0 Å². The Morgan fingerprint density at radius 2 is 1.97 bits per heavy atom. The van der Waals surface area contributed by atoms with E-state index >= 15 is 0 Å². The minimum absolute atomic E-state index is 0.226. The number of likely N-dealkylation sites (tertiary alicyclic amines) is 1. The summed E-state index contributed by atoms with van der Waals surface area (Å²) >= 11 is 13.4. The van der Waals surface area contributed by atoms with Crippen LogP contribution in [0, 0.1) is 6.92 Å². The van der Waals surface area contributed by atoms with Crippen LogP contribution in [-0.4, -0.2) is 33.6 Å². The van der Waals surface area contributed by atoms with Crippen molar-refractivity contribution < 1.29 is 9.59 Å². The number of hydrogen-bond donors (Lipinski definition) is 2. The molecule has 1 aromatic heterocycles. The Labute approximate surface area is 193 Å². The van der Waals surface area contributed by atoms with Gasteiger partial charge in [0.25, 0.3) is 5.91 Å². The predicted molar refractivity (Wildman–Crippen MR) is 123 cm³/mol. The molecule has 2 heterocycles. The average Bonchev–Trinajstić information content (AvgIpc) is 3.39. The molecule has 0 spiro atoms. The van der Waals surface area contributed by atoms with Gasteiger partial charge in [0.05, 0.1) is 16.8 Å². The van der Waals surface area contributed by atoms with E-state index in [2.05, 4.69) is 20.8 Å². The number of urea groups is 1. The topological polar surface area (TPSA) is 87.2 Å². The molecule has 4 rings (SSSR count). The third-order valence-corrected chi connectivity index (χ3v) is 6.45. The molecule has 1 aliphatic heterocycles. The van der Waals surface area contributed by atoms with Gasteiger partial charge in [-0.25, -0.2) is 4.79 Å². The van der Waals surface area contributed by atoms with Crippen molar-refractivity contribution >= 4 is 57.9 Å². The standard InChI is InChI=1S/C21H19Cl2N5O2S/c1-12-7-8-16(15(23)10-12)25-21(30)28-9-3-6-17(28)19-26-27-20(31-19)18(29)24-14-5-2-4-13(22)11-14/h2,4-5,7-8,10-11,17H,3,6,9H2,1H3,(H,24,29)(H,25,30)/t17-/m1/s1. The van der Waals surface area contributed by atoms with Crippen molar-refractivity contribution in [2.45, 2.75) is 25.8 Å². The summed E-state index contributed by atoms with van der Waals surface area (Å²) in [5.41, 5.74) is 2.15. The summed E-state index contributed by atoms with van der Waals surface area (Å²) in [5, 5.41) is 15.7. The Balaban J connectivity index is 1.46. The van der Waals surface area contributed by atoms with Gasteiger partial charge < -0.3 is 15.5 Å². The van der Waals surface area contributed by atoms with Crippen LogP contribution in [0.4, 0.5) is 16.2 Å². The molecule has 31 heavy (non-hydrogen) atoms. The summed E-state index contributed by atoms with van der Waals surface area (Å²) in [5.74, 6) is -0.369. The lowest BCUT2D eigenvalue weighted by Crippen LogP contribution is -2.34. The fraction of sp³-hybridized carbons (Fsp3) is 0.238. The predicted octanol–water partition coefficient (Wildman–Crippen LogP) is 5.77. The second kappa shape index (κ2) is 9.21. The first-order valence-electron chi connectivity index (χ1n) is 9.65. The lowest BCUT2D eigenvalue weighted by atomic mass is 10.2. The summed E-state index contributed by atoms with van der Waals surface area (Å²) in [6.07, 6.45) is 1.59. The third-order valence-electron chi connectivity index (χ3n) is 4.88. The Morgan fingerprint density at radius 1 is 1.13 bits per heavy atom. The van der Waals surface area contributed by atoms with Crippen molar-refractivity contribution in [2.24, 2.45) is 0 Å². The normalized spacial score (nSPS) is 15.7. The van der Waals surface area contributed by atoms with E-state index in [1.165, 1.54) is 11.3 Å². The molecule has 3 amide bonds. The van der Waals surface area contributed by atoms with Gasteiger partial charge in [-0.3, -0.25) is 4.79 Å². The molecule has 0 bridgehead atoms. The van der Waals surface area contributed by atoms with Crippen LogP contribution in [0.5, 0.6) is 0 Å². The number of nitrogens with one attached hydrogen (secondary N) is 2. The Bertz CT molecular complexity index is 1140. The molecule has 0 saturated carbocycles. The maximum absolute atomic E-state index is 12.9. The highest BCUT2D eigenvalue weighted by Gasteiger charge is 2.33. The maximum Gasteiger partial charge on any atom is 0.322 e. The van der Waals surface area contributed by atoms with E-state index in [9.17, 15) is 9.59 Å². The van der Waals surface area contributed by atoms with Gasteiger partial charge in [0, 0.05) is 17.3 Å². The lowest BCUT2D eigenvalue weighted by molar-refractivity contribution is 0.102. The number of carbonyl (C=O) groups excluding carboxylic acids is 2. The number of benzene rings is 2. The Hall–Kier alpha value is -2.68. The highest BCUT2D eigenvalue weighted by molar-refractivity contribution is 7.13.